The average Bonchev–Trinajstić information content (AvgIpc) is 3.08. The highest BCUT2D eigenvalue weighted by molar-refractivity contribution is 5.89. The number of carbonyl (C=O) groups is 2. The van der Waals surface area contributed by atoms with E-state index >= 15 is 0 Å². The maximum absolute atomic E-state index is 12.7. The van der Waals surface area contributed by atoms with Gasteiger partial charge in [0, 0.05) is 32.4 Å². The first-order valence-corrected chi connectivity index (χ1v) is 8.47. The molecule has 1 aromatic rings. The summed E-state index contributed by atoms with van der Waals surface area (Å²) in [6, 6.07) is -0.156. The smallest absolute Gasteiger partial charge is 0.321 e. The molecule has 23 heavy (non-hydrogen) atoms. The van der Waals surface area contributed by atoms with Gasteiger partial charge in [-0.25, -0.2) is 4.79 Å². The molecule has 126 valence electrons. The van der Waals surface area contributed by atoms with Crippen LogP contribution in [-0.2, 0) is 4.79 Å². The van der Waals surface area contributed by atoms with E-state index in [9.17, 15) is 9.59 Å². The maximum Gasteiger partial charge on any atom is 0.321 e. The number of H-pyrrole nitrogens is 1. The summed E-state index contributed by atoms with van der Waals surface area (Å²) in [4.78, 5) is 28.7. The molecular weight excluding hydrogens is 294 g/mol. The SMILES string of the molecule is CC1CCN(C(=O)C2CCCN(C(=O)Nc3cn[nH]c3)C2)CC1. The zero-order chi connectivity index (χ0) is 16.2. The van der Waals surface area contributed by atoms with E-state index in [0.29, 0.717) is 24.7 Å². The van der Waals surface area contributed by atoms with Crippen LogP contribution in [0.4, 0.5) is 10.5 Å². The van der Waals surface area contributed by atoms with E-state index in [1.165, 1.54) is 0 Å². The zero-order valence-corrected chi connectivity index (χ0v) is 13.6. The lowest BCUT2D eigenvalue weighted by atomic mass is 9.93. The third kappa shape index (κ3) is 3.83. The van der Waals surface area contributed by atoms with Crippen molar-refractivity contribution in [3.8, 4) is 0 Å². The Morgan fingerprint density at radius 3 is 2.70 bits per heavy atom. The summed E-state index contributed by atoms with van der Waals surface area (Å²) >= 11 is 0. The van der Waals surface area contributed by atoms with Gasteiger partial charge in [0.05, 0.1) is 17.8 Å². The second-order valence-corrected chi connectivity index (χ2v) is 6.71. The summed E-state index contributed by atoms with van der Waals surface area (Å²) < 4.78 is 0. The highest BCUT2D eigenvalue weighted by atomic mass is 16.2. The number of nitrogens with zero attached hydrogens (tertiary/aromatic N) is 3. The number of aromatic nitrogens is 2. The molecule has 2 fully saturated rings. The Morgan fingerprint density at radius 2 is 2.00 bits per heavy atom. The first-order valence-electron chi connectivity index (χ1n) is 8.47. The Balaban J connectivity index is 1.55. The molecule has 2 saturated heterocycles. The Bertz CT molecular complexity index is 537. The number of likely N-dealkylation sites (tertiary alicyclic amines) is 2. The van der Waals surface area contributed by atoms with Gasteiger partial charge in [-0.1, -0.05) is 6.92 Å². The van der Waals surface area contributed by atoms with Crippen molar-refractivity contribution in [3.05, 3.63) is 12.4 Å². The second kappa shape index (κ2) is 7.02. The highest BCUT2D eigenvalue weighted by Gasteiger charge is 2.32. The number of aromatic amines is 1. The van der Waals surface area contributed by atoms with Gasteiger partial charge in [-0.3, -0.25) is 9.89 Å². The lowest BCUT2D eigenvalue weighted by Crippen LogP contribution is -2.49. The molecule has 2 aliphatic rings. The van der Waals surface area contributed by atoms with Crippen LogP contribution >= 0.6 is 0 Å². The van der Waals surface area contributed by atoms with Crippen molar-refractivity contribution in [1.29, 1.82) is 0 Å². The van der Waals surface area contributed by atoms with E-state index in [4.69, 9.17) is 0 Å². The van der Waals surface area contributed by atoms with Crippen LogP contribution in [0.25, 0.3) is 0 Å². The molecule has 1 atom stereocenters. The molecule has 0 spiro atoms. The fourth-order valence-electron chi connectivity index (χ4n) is 3.37. The molecule has 7 heteroatoms. The lowest BCUT2D eigenvalue weighted by Gasteiger charge is -2.37. The first kappa shape index (κ1) is 15.8. The van der Waals surface area contributed by atoms with Gasteiger partial charge in [-0.05, 0) is 31.6 Å². The average molecular weight is 319 g/mol. The topological polar surface area (TPSA) is 81.3 Å². The fourth-order valence-corrected chi connectivity index (χ4v) is 3.37. The predicted octanol–water partition coefficient (Wildman–Crippen LogP) is 1.91. The molecular formula is C16H25N5O2. The molecule has 0 bridgehead atoms. The minimum atomic E-state index is -0.156. The van der Waals surface area contributed by atoms with Crippen LogP contribution in [0.15, 0.2) is 12.4 Å². The molecule has 3 heterocycles. The number of piperidine rings is 2. The van der Waals surface area contributed by atoms with Gasteiger partial charge in [0.2, 0.25) is 5.91 Å². The quantitative estimate of drug-likeness (QED) is 0.873. The molecule has 7 nitrogen and oxygen atoms in total. The molecule has 0 aromatic carbocycles. The van der Waals surface area contributed by atoms with E-state index in [1.54, 1.807) is 17.3 Å². The summed E-state index contributed by atoms with van der Waals surface area (Å²) in [6.45, 7) is 5.17. The van der Waals surface area contributed by atoms with Crippen LogP contribution in [0, 0.1) is 11.8 Å². The number of anilines is 1. The van der Waals surface area contributed by atoms with E-state index in [2.05, 4.69) is 22.4 Å². The van der Waals surface area contributed by atoms with Gasteiger partial charge in [-0.15, -0.1) is 0 Å². The third-order valence-corrected chi connectivity index (χ3v) is 4.90. The molecule has 1 aromatic heterocycles. The van der Waals surface area contributed by atoms with Crippen molar-refractivity contribution in [1.82, 2.24) is 20.0 Å². The Kier molecular flexibility index (Phi) is 4.83. The summed E-state index contributed by atoms with van der Waals surface area (Å²) in [5.41, 5.74) is 0.647. The Hall–Kier alpha value is -2.05. The molecule has 3 amide bonds. The van der Waals surface area contributed by atoms with Crippen LogP contribution in [0.5, 0.6) is 0 Å². The number of rotatable bonds is 2. The Labute approximate surface area is 136 Å². The van der Waals surface area contributed by atoms with Gasteiger partial charge in [0.25, 0.3) is 0 Å². The normalized spacial score (nSPS) is 22.9. The summed E-state index contributed by atoms with van der Waals surface area (Å²) in [7, 11) is 0. The monoisotopic (exact) mass is 319 g/mol. The van der Waals surface area contributed by atoms with Gasteiger partial charge in [0.1, 0.15) is 0 Å². The largest absolute Gasteiger partial charge is 0.342 e. The number of amides is 3. The first-order chi connectivity index (χ1) is 11.1. The van der Waals surface area contributed by atoms with Crippen molar-refractivity contribution in [3.63, 3.8) is 0 Å². The van der Waals surface area contributed by atoms with Crippen LogP contribution in [0.1, 0.15) is 32.6 Å². The molecule has 0 radical (unpaired) electrons. The Morgan fingerprint density at radius 1 is 1.22 bits per heavy atom. The van der Waals surface area contributed by atoms with Crippen molar-refractivity contribution in [2.45, 2.75) is 32.6 Å². The number of nitrogens with one attached hydrogen (secondary N) is 2. The second-order valence-electron chi connectivity index (χ2n) is 6.71. The van der Waals surface area contributed by atoms with Gasteiger partial charge < -0.3 is 15.1 Å². The molecule has 3 rings (SSSR count). The maximum atomic E-state index is 12.7. The molecule has 0 saturated carbocycles. The zero-order valence-electron chi connectivity index (χ0n) is 13.6. The van der Waals surface area contributed by atoms with E-state index < -0.39 is 0 Å². The standard InChI is InChI=1S/C16H25N5O2/c1-12-4-7-20(8-5-12)15(22)13-3-2-6-21(11-13)16(23)19-14-9-17-18-10-14/h9-10,12-13H,2-8,11H2,1H3,(H,17,18)(H,19,23). The number of urea groups is 1. The van der Waals surface area contributed by atoms with E-state index in [1.807, 2.05) is 4.90 Å². The molecule has 0 aliphatic carbocycles. The van der Waals surface area contributed by atoms with E-state index in [0.717, 1.165) is 38.8 Å². The minimum absolute atomic E-state index is 0.0627. The van der Waals surface area contributed by atoms with Gasteiger partial charge in [0.15, 0.2) is 0 Å². The summed E-state index contributed by atoms with van der Waals surface area (Å²) in [6.07, 6.45) is 7.13. The van der Waals surface area contributed by atoms with Gasteiger partial charge >= 0.3 is 6.03 Å². The third-order valence-electron chi connectivity index (χ3n) is 4.90. The molecule has 2 N–H and O–H groups in total. The van der Waals surface area contributed by atoms with Crippen LogP contribution < -0.4 is 5.32 Å². The lowest BCUT2D eigenvalue weighted by molar-refractivity contribution is -0.138. The van der Waals surface area contributed by atoms with Crippen LogP contribution in [0.3, 0.4) is 0 Å². The number of hydrogen-bond acceptors (Lipinski definition) is 3. The summed E-state index contributed by atoms with van der Waals surface area (Å²) in [5.74, 6) is 0.868. The molecule has 1 unspecified atom stereocenters. The molecule has 2 aliphatic heterocycles. The van der Waals surface area contributed by atoms with Crippen molar-refractivity contribution in [2.75, 3.05) is 31.5 Å². The highest BCUT2D eigenvalue weighted by Crippen LogP contribution is 2.23. The minimum Gasteiger partial charge on any atom is -0.342 e. The van der Waals surface area contributed by atoms with Gasteiger partial charge in [-0.2, -0.15) is 5.10 Å². The summed E-state index contributed by atoms with van der Waals surface area (Å²) in [5, 5.41) is 9.28. The number of hydrogen-bond donors (Lipinski definition) is 2. The van der Waals surface area contributed by atoms with Crippen molar-refractivity contribution >= 4 is 17.6 Å². The van der Waals surface area contributed by atoms with Crippen molar-refractivity contribution in [2.24, 2.45) is 11.8 Å². The van der Waals surface area contributed by atoms with Crippen LogP contribution in [-0.4, -0.2) is 58.1 Å². The van der Waals surface area contributed by atoms with E-state index in [-0.39, 0.29) is 17.9 Å². The predicted molar refractivity (Wildman–Crippen MR) is 86.9 cm³/mol. The number of carbonyl (C=O) groups excluding carboxylic acids is 2. The van der Waals surface area contributed by atoms with Crippen LogP contribution in [0.2, 0.25) is 0 Å². The van der Waals surface area contributed by atoms with Crippen molar-refractivity contribution < 1.29 is 9.59 Å². The fraction of sp³-hybridized carbons (Fsp3) is 0.688.